The molecule has 0 spiro atoms. The Hall–Kier alpha value is -1.61. The van der Waals surface area contributed by atoms with Crippen LogP contribution in [0.15, 0.2) is 42.5 Å². The zero-order valence-corrected chi connectivity index (χ0v) is 16.3. The number of rotatable bonds is 7. The van der Waals surface area contributed by atoms with Crippen LogP contribution < -0.4 is 0 Å². The fourth-order valence-corrected chi connectivity index (χ4v) is 4.31. The molecule has 0 bridgehead atoms. The van der Waals surface area contributed by atoms with Crippen LogP contribution in [0.2, 0.25) is 0 Å². The second kappa shape index (κ2) is 9.91. The van der Waals surface area contributed by atoms with E-state index in [-0.39, 0.29) is 5.91 Å². The van der Waals surface area contributed by atoms with Gasteiger partial charge in [0.15, 0.2) is 0 Å². The topological polar surface area (TPSA) is 23.6 Å². The van der Waals surface area contributed by atoms with Crippen LogP contribution in [-0.2, 0) is 11.3 Å². The van der Waals surface area contributed by atoms with Crippen LogP contribution in [-0.4, -0.2) is 42.4 Å². The molecule has 142 valence electrons. The van der Waals surface area contributed by atoms with Crippen molar-refractivity contribution < 1.29 is 4.79 Å². The van der Waals surface area contributed by atoms with Crippen molar-refractivity contribution in [3.05, 3.63) is 48.0 Å². The molecule has 26 heavy (non-hydrogen) atoms. The minimum absolute atomic E-state index is 0.283. The smallest absolute Gasteiger partial charge is 0.222 e. The maximum absolute atomic E-state index is 12.4. The van der Waals surface area contributed by atoms with Gasteiger partial charge < -0.3 is 9.80 Å². The van der Waals surface area contributed by atoms with Crippen molar-refractivity contribution in [2.24, 2.45) is 11.8 Å². The number of nitrogens with zero attached hydrogens (tertiary/aromatic N) is 2. The molecule has 3 nitrogen and oxygen atoms in total. The molecular formula is C23H34N2O. The number of allylic oxidation sites excluding steroid dienone is 2. The van der Waals surface area contributed by atoms with Gasteiger partial charge in [-0.2, -0.15) is 0 Å². The number of hydrogen-bond donors (Lipinski definition) is 0. The summed E-state index contributed by atoms with van der Waals surface area (Å²) < 4.78 is 0. The maximum atomic E-state index is 12.4. The Bertz CT molecular complexity index is 575. The lowest BCUT2D eigenvalue weighted by atomic mass is 9.89. The van der Waals surface area contributed by atoms with Crippen molar-refractivity contribution in [1.29, 1.82) is 0 Å². The molecule has 1 aromatic rings. The summed E-state index contributed by atoms with van der Waals surface area (Å²) in [6, 6.07) is 10.3. The van der Waals surface area contributed by atoms with Crippen molar-refractivity contribution in [3.8, 4) is 0 Å². The number of carbonyl (C=O) groups excluding carboxylic acids is 1. The maximum Gasteiger partial charge on any atom is 0.222 e. The highest BCUT2D eigenvalue weighted by atomic mass is 16.2. The Kier molecular flexibility index (Phi) is 7.31. The van der Waals surface area contributed by atoms with Gasteiger partial charge in [-0.15, -0.1) is 0 Å². The zero-order valence-electron chi connectivity index (χ0n) is 16.3. The lowest BCUT2D eigenvalue weighted by Crippen LogP contribution is -2.37. The Morgan fingerprint density at radius 1 is 1.08 bits per heavy atom. The summed E-state index contributed by atoms with van der Waals surface area (Å²) in [4.78, 5) is 17.0. The molecule has 2 aliphatic rings. The Morgan fingerprint density at radius 2 is 1.85 bits per heavy atom. The van der Waals surface area contributed by atoms with Crippen molar-refractivity contribution in [1.82, 2.24) is 9.80 Å². The van der Waals surface area contributed by atoms with Crippen LogP contribution in [0.25, 0.3) is 0 Å². The van der Waals surface area contributed by atoms with Crippen LogP contribution in [0.4, 0.5) is 0 Å². The number of hydrogen-bond acceptors (Lipinski definition) is 2. The summed E-state index contributed by atoms with van der Waals surface area (Å²) in [6.07, 6.45) is 12.9. The van der Waals surface area contributed by atoms with Gasteiger partial charge in [-0.05, 0) is 69.0 Å². The van der Waals surface area contributed by atoms with Gasteiger partial charge in [-0.25, -0.2) is 0 Å². The van der Waals surface area contributed by atoms with Gasteiger partial charge in [0.1, 0.15) is 0 Å². The van der Waals surface area contributed by atoms with Crippen LogP contribution in [0, 0.1) is 11.8 Å². The molecule has 1 atom stereocenters. The van der Waals surface area contributed by atoms with E-state index in [1.807, 2.05) is 30.1 Å². The molecule has 3 rings (SSSR count). The molecule has 1 fully saturated rings. The highest BCUT2D eigenvalue weighted by Gasteiger charge is 2.22. The molecule has 0 aromatic heterocycles. The van der Waals surface area contributed by atoms with Crippen molar-refractivity contribution >= 4 is 5.91 Å². The van der Waals surface area contributed by atoms with Crippen molar-refractivity contribution in [3.63, 3.8) is 0 Å². The standard InChI is InChI=1S/C23H34N2O/c1-24(18-21-8-4-2-5-9-21)23(26)13-12-20-14-16-25(17-15-20)19-22-10-6-3-7-11-22/h2-6,8-9,20,22H,7,10-19H2,1H3/t22-/m1/s1. The number of amides is 1. The molecule has 1 heterocycles. The Balaban J connectivity index is 1.32. The highest BCUT2D eigenvalue weighted by molar-refractivity contribution is 5.75. The van der Waals surface area contributed by atoms with Crippen molar-refractivity contribution in [2.45, 2.75) is 51.5 Å². The van der Waals surface area contributed by atoms with Crippen LogP contribution in [0.1, 0.15) is 50.5 Å². The largest absolute Gasteiger partial charge is 0.341 e. The first-order chi connectivity index (χ1) is 12.7. The van der Waals surface area contributed by atoms with Crippen molar-refractivity contribution in [2.75, 3.05) is 26.7 Å². The molecule has 0 saturated carbocycles. The minimum atomic E-state index is 0.283. The van der Waals surface area contributed by atoms with E-state index in [0.717, 1.165) is 18.3 Å². The first-order valence-corrected chi connectivity index (χ1v) is 10.4. The predicted molar refractivity (Wildman–Crippen MR) is 108 cm³/mol. The Morgan fingerprint density at radius 3 is 2.54 bits per heavy atom. The Labute approximate surface area is 159 Å². The quantitative estimate of drug-likeness (QED) is 0.673. The summed E-state index contributed by atoms with van der Waals surface area (Å²) in [5.41, 5.74) is 1.20. The van der Waals surface area contributed by atoms with Gasteiger partial charge in [-0.3, -0.25) is 4.79 Å². The van der Waals surface area contributed by atoms with Gasteiger partial charge in [0, 0.05) is 26.6 Å². The molecule has 1 aliphatic carbocycles. The highest BCUT2D eigenvalue weighted by Crippen LogP contribution is 2.25. The average molecular weight is 355 g/mol. The third-order valence-electron chi connectivity index (χ3n) is 6.06. The van der Waals surface area contributed by atoms with Gasteiger partial charge in [0.25, 0.3) is 0 Å². The van der Waals surface area contributed by atoms with Crippen LogP contribution in [0.3, 0.4) is 0 Å². The monoisotopic (exact) mass is 354 g/mol. The summed E-state index contributed by atoms with van der Waals surface area (Å²) in [5.74, 6) is 1.88. The van der Waals surface area contributed by atoms with E-state index in [2.05, 4.69) is 29.2 Å². The number of likely N-dealkylation sites (tertiary alicyclic amines) is 1. The summed E-state index contributed by atoms with van der Waals surface area (Å²) in [7, 11) is 1.93. The van der Waals surface area contributed by atoms with E-state index in [1.165, 1.54) is 57.3 Å². The number of piperidine rings is 1. The summed E-state index contributed by atoms with van der Waals surface area (Å²) in [6.45, 7) is 4.43. The van der Waals surface area contributed by atoms with Gasteiger partial charge in [0.2, 0.25) is 5.91 Å². The van der Waals surface area contributed by atoms with E-state index in [1.54, 1.807) is 0 Å². The SMILES string of the molecule is CN(Cc1ccccc1)C(=O)CCC1CCN(C[C@@H]2CC=CCC2)CC1. The van der Waals surface area contributed by atoms with E-state index >= 15 is 0 Å². The molecular weight excluding hydrogens is 320 g/mol. The van der Waals surface area contributed by atoms with E-state index < -0.39 is 0 Å². The van der Waals surface area contributed by atoms with E-state index in [9.17, 15) is 4.79 Å². The average Bonchev–Trinajstić information content (AvgIpc) is 2.69. The predicted octanol–water partition coefficient (Wildman–Crippen LogP) is 4.49. The molecule has 0 radical (unpaired) electrons. The number of benzene rings is 1. The van der Waals surface area contributed by atoms with Gasteiger partial charge in [-0.1, -0.05) is 42.5 Å². The molecule has 0 unspecified atom stereocenters. The number of carbonyl (C=O) groups is 1. The normalized spacial score (nSPS) is 21.7. The molecule has 0 N–H and O–H groups in total. The fraction of sp³-hybridized carbons (Fsp3) is 0.609. The first-order valence-electron chi connectivity index (χ1n) is 10.4. The molecule has 1 saturated heterocycles. The zero-order chi connectivity index (χ0) is 18.2. The van der Waals surface area contributed by atoms with Crippen LogP contribution >= 0.6 is 0 Å². The molecule has 3 heteroatoms. The molecule has 1 amide bonds. The lowest BCUT2D eigenvalue weighted by Gasteiger charge is -2.34. The molecule has 1 aliphatic heterocycles. The summed E-state index contributed by atoms with van der Waals surface area (Å²) >= 11 is 0. The van der Waals surface area contributed by atoms with Gasteiger partial charge >= 0.3 is 0 Å². The summed E-state index contributed by atoms with van der Waals surface area (Å²) in [5, 5.41) is 0. The third-order valence-corrected chi connectivity index (χ3v) is 6.06. The van der Waals surface area contributed by atoms with E-state index in [0.29, 0.717) is 13.0 Å². The first kappa shape index (κ1) is 19.2. The minimum Gasteiger partial charge on any atom is -0.341 e. The van der Waals surface area contributed by atoms with Gasteiger partial charge in [0.05, 0.1) is 0 Å². The fourth-order valence-electron chi connectivity index (χ4n) is 4.31. The van der Waals surface area contributed by atoms with E-state index in [4.69, 9.17) is 0 Å². The second-order valence-electron chi connectivity index (χ2n) is 8.17. The molecule has 1 aromatic carbocycles. The third kappa shape index (κ3) is 5.98. The lowest BCUT2D eigenvalue weighted by molar-refractivity contribution is -0.130. The van der Waals surface area contributed by atoms with Crippen LogP contribution in [0.5, 0.6) is 0 Å². The second-order valence-corrected chi connectivity index (χ2v) is 8.17.